The van der Waals surface area contributed by atoms with Crippen LogP contribution in [0.3, 0.4) is 0 Å². The summed E-state index contributed by atoms with van der Waals surface area (Å²) in [6.45, 7) is 0. The van der Waals surface area contributed by atoms with Crippen LogP contribution in [-0.2, 0) is 0 Å². The molecule has 24 heavy (non-hydrogen) atoms. The summed E-state index contributed by atoms with van der Waals surface area (Å²) in [5, 5.41) is 17.8. The third kappa shape index (κ3) is 5.14. The second-order valence-corrected chi connectivity index (χ2v) is 5.35. The molecule has 0 saturated heterocycles. The van der Waals surface area contributed by atoms with E-state index in [-0.39, 0.29) is 40.4 Å². The predicted molar refractivity (Wildman–Crippen MR) is 99.0 cm³/mol. The largest absolute Gasteiger partial charge is 0.478 e. The van der Waals surface area contributed by atoms with Gasteiger partial charge in [0, 0.05) is 5.57 Å². The van der Waals surface area contributed by atoms with E-state index in [4.69, 9.17) is 33.4 Å². The first-order valence-corrected chi connectivity index (χ1v) is 6.88. The molecule has 0 unspecified atom stereocenters. The number of hydrogen-bond acceptors (Lipinski definition) is 2. The van der Waals surface area contributed by atoms with E-state index in [0.717, 1.165) is 0 Å². The summed E-state index contributed by atoms with van der Waals surface area (Å²) in [5.74, 6) is -2.06. The molecule has 0 radical (unpaired) electrons. The van der Waals surface area contributed by atoms with Gasteiger partial charge >= 0.3 is 11.9 Å². The maximum Gasteiger partial charge on any atom is 0.335 e. The minimum Gasteiger partial charge on any atom is -0.478 e. The van der Waals surface area contributed by atoms with Gasteiger partial charge in [0.1, 0.15) is 4.49 Å². The van der Waals surface area contributed by atoms with Gasteiger partial charge in [0.25, 0.3) is 0 Å². The Morgan fingerprint density at radius 1 is 0.625 bits per heavy atom. The molecule has 0 atom stereocenters. The fourth-order valence-electron chi connectivity index (χ4n) is 1.94. The van der Waals surface area contributed by atoms with Crippen molar-refractivity contribution in [2.24, 2.45) is 0 Å². The highest BCUT2D eigenvalue weighted by Crippen LogP contribution is 2.31. The van der Waals surface area contributed by atoms with Crippen LogP contribution in [0.15, 0.2) is 53.0 Å². The predicted octanol–water partition coefficient (Wildman–Crippen LogP) is 5.12. The van der Waals surface area contributed by atoms with Crippen molar-refractivity contribution in [1.29, 1.82) is 0 Å². The molecule has 0 saturated carbocycles. The van der Waals surface area contributed by atoms with E-state index in [1.165, 1.54) is 24.3 Å². The molecular weight excluding hydrogens is 398 g/mol. The van der Waals surface area contributed by atoms with Gasteiger partial charge in [-0.3, -0.25) is 0 Å². The third-order valence-corrected chi connectivity index (χ3v) is 3.41. The molecular formula is C16H12Cl4O4. The van der Waals surface area contributed by atoms with E-state index in [1.807, 2.05) is 0 Å². The molecule has 2 aromatic rings. The summed E-state index contributed by atoms with van der Waals surface area (Å²) in [7, 11) is 0. The molecule has 0 aliphatic carbocycles. The van der Waals surface area contributed by atoms with Crippen molar-refractivity contribution in [3.63, 3.8) is 0 Å². The summed E-state index contributed by atoms with van der Waals surface area (Å²) in [5.41, 5.74) is 2.06. The first kappa shape index (κ1) is 22.3. The van der Waals surface area contributed by atoms with Gasteiger partial charge < -0.3 is 10.2 Å². The van der Waals surface area contributed by atoms with E-state index in [2.05, 4.69) is 0 Å². The summed E-state index contributed by atoms with van der Waals surface area (Å²) >= 11 is 11.9. The first-order valence-electron chi connectivity index (χ1n) is 6.13. The topological polar surface area (TPSA) is 74.6 Å². The van der Waals surface area contributed by atoms with Gasteiger partial charge in [0.2, 0.25) is 0 Å². The molecule has 0 heterocycles. The van der Waals surface area contributed by atoms with Gasteiger partial charge in [-0.25, -0.2) is 9.59 Å². The molecule has 0 amide bonds. The first-order chi connectivity index (χ1) is 10.4. The summed E-state index contributed by atoms with van der Waals surface area (Å²) in [4.78, 5) is 21.7. The molecule has 0 bridgehead atoms. The molecule has 8 heteroatoms. The maximum absolute atomic E-state index is 10.9. The van der Waals surface area contributed by atoms with Crippen molar-refractivity contribution in [2.75, 3.05) is 0 Å². The van der Waals surface area contributed by atoms with Gasteiger partial charge in [0.05, 0.1) is 11.1 Å². The maximum atomic E-state index is 10.9. The lowest BCUT2D eigenvalue weighted by Crippen LogP contribution is -1.98. The van der Waals surface area contributed by atoms with Crippen molar-refractivity contribution in [3.8, 4) is 0 Å². The van der Waals surface area contributed by atoms with Crippen LogP contribution >= 0.6 is 48.0 Å². The van der Waals surface area contributed by atoms with E-state index >= 15 is 0 Å². The molecule has 2 N–H and O–H groups in total. The molecule has 128 valence electrons. The van der Waals surface area contributed by atoms with E-state index in [0.29, 0.717) is 16.7 Å². The van der Waals surface area contributed by atoms with Crippen molar-refractivity contribution < 1.29 is 19.8 Å². The van der Waals surface area contributed by atoms with Gasteiger partial charge in [-0.15, -0.1) is 24.8 Å². The molecule has 0 aliphatic heterocycles. The molecule has 0 spiro atoms. The molecule has 0 fully saturated rings. The van der Waals surface area contributed by atoms with Crippen molar-refractivity contribution in [3.05, 3.63) is 75.3 Å². The molecule has 0 aliphatic rings. The Labute approximate surface area is 160 Å². The Morgan fingerprint density at radius 2 is 0.875 bits per heavy atom. The van der Waals surface area contributed by atoms with Crippen LogP contribution in [0, 0.1) is 0 Å². The molecule has 2 aromatic carbocycles. The lowest BCUT2D eigenvalue weighted by molar-refractivity contribution is 0.0686. The number of hydrogen-bond donors (Lipinski definition) is 2. The van der Waals surface area contributed by atoms with Gasteiger partial charge in [-0.1, -0.05) is 47.5 Å². The van der Waals surface area contributed by atoms with E-state index in [1.54, 1.807) is 24.3 Å². The smallest absolute Gasteiger partial charge is 0.335 e. The average Bonchev–Trinajstić information content (AvgIpc) is 2.48. The van der Waals surface area contributed by atoms with Crippen LogP contribution in [0.1, 0.15) is 31.8 Å². The van der Waals surface area contributed by atoms with Crippen LogP contribution in [0.2, 0.25) is 0 Å². The Kier molecular flexibility index (Phi) is 8.86. The Bertz CT molecular complexity index is 689. The lowest BCUT2D eigenvalue weighted by atomic mass is 9.97. The monoisotopic (exact) mass is 408 g/mol. The quantitative estimate of drug-likeness (QED) is 0.734. The number of carboxylic acid groups (broad SMARTS) is 2. The van der Waals surface area contributed by atoms with Crippen LogP contribution < -0.4 is 0 Å². The van der Waals surface area contributed by atoms with Gasteiger partial charge in [-0.05, 0) is 35.4 Å². The Hall–Kier alpha value is -1.72. The zero-order chi connectivity index (χ0) is 16.3. The number of carbonyl (C=O) groups is 2. The van der Waals surface area contributed by atoms with Crippen LogP contribution in [0.4, 0.5) is 0 Å². The van der Waals surface area contributed by atoms with Crippen molar-refractivity contribution >= 4 is 65.5 Å². The number of benzene rings is 2. The number of rotatable bonds is 4. The average molecular weight is 410 g/mol. The van der Waals surface area contributed by atoms with Crippen LogP contribution in [0.5, 0.6) is 0 Å². The molecule has 0 aromatic heterocycles. The highest BCUT2D eigenvalue weighted by molar-refractivity contribution is 6.59. The summed E-state index contributed by atoms with van der Waals surface area (Å²) in [6, 6.07) is 12.1. The highest BCUT2D eigenvalue weighted by Gasteiger charge is 2.12. The minimum atomic E-state index is -1.03. The van der Waals surface area contributed by atoms with Crippen LogP contribution in [-0.4, -0.2) is 22.2 Å². The zero-order valence-corrected chi connectivity index (χ0v) is 15.0. The Balaban J connectivity index is 0.00000264. The number of carboxylic acids is 2. The van der Waals surface area contributed by atoms with E-state index in [9.17, 15) is 9.59 Å². The fourth-order valence-corrected chi connectivity index (χ4v) is 2.38. The second-order valence-electron chi connectivity index (χ2n) is 4.40. The van der Waals surface area contributed by atoms with E-state index < -0.39 is 11.9 Å². The SMILES string of the molecule is Cl.Cl.O=C(O)c1ccc(C(=C(Cl)Cl)c2ccc(C(=O)O)cc2)cc1. The second kappa shape index (κ2) is 9.55. The standard InChI is InChI=1S/C16H10Cl2O4.2ClH/c17-14(18)13(9-1-5-11(6-2-9)15(19)20)10-3-7-12(8-4-10)16(21)22;;/h1-8H,(H,19,20)(H,21,22);2*1H. The fraction of sp³-hybridized carbons (Fsp3) is 0. The van der Waals surface area contributed by atoms with Gasteiger partial charge in [-0.2, -0.15) is 0 Å². The minimum absolute atomic E-state index is 0. The van der Waals surface area contributed by atoms with Gasteiger partial charge in [0.15, 0.2) is 0 Å². The number of halogens is 4. The molecule has 4 nitrogen and oxygen atoms in total. The van der Waals surface area contributed by atoms with Crippen LogP contribution in [0.25, 0.3) is 5.57 Å². The highest BCUT2D eigenvalue weighted by atomic mass is 35.5. The summed E-state index contributed by atoms with van der Waals surface area (Å²) < 4.78 is 0.00569. The summed E-state index contributed by atoms with van der Waals surface area (Å²) in [6.07, 6.45) is 0. The lowest BCUT2D eigenvalue weighted by Gasteiger charge is -2.09. The third-order valence-electron chi connectivity index (χ3n) is 3.03. The Morgan fingerprint density at radius 3 is 1.08 bits per heavy atom. The normalized spacial score (nSPS) is 9.25. The van der Waals surface area contributed by atoms with Crippen molar-refractivity contribution in [2.45, 2.75) is 0 Å². The zero-order valence-electron chi connectivity index (χ0n) is 11.9. The number of aromatic carboxylic acids is 2. The molecule has 2 rings (SSSR count). The van der Waals surface area contributed by atoms with Crippen molar-refractivity contribution in [1.82, 2.24) is 0 Å².